The van der Waals surface area contributed by atoms with Gasteiger partial charge in [0.15, 0.2) is 0 Å². The average molecular weight is 1030 g/mol. The van der Waals surface area contributed by atoms with Crippen LogP contribution in [-0.4, -0.2) is 0 Å². The highest BCUT2D eigenvalue weighted by Crippen LogP contribution is 2.70. The predicted molar refractivity (Wildman–Crippen MR) is 330 cm³/mol. The van der Waals surface area contributed by atoms with Gasteiger partial charge in [-0.05, 0) is 127 Å². The first-order valence-corrected chi connectivity index (χ1v) is 28.1. The monoisotopic (exact) mass is 1020 g/mol. The van der Waals surface area contributed by atoms with Crippen LogP contribution in [0.1, 0.15) is 72.2 Å². The van der Waals surface area contributed by atoms with Crippen LogP contribution in [0.5, 0.6) is 0 Å². The Morgan fingerprint density at radius 3 is 1.18 bits per heavy atom. The number of furan rings is 1. The fourth-order valence-electron chi connectivity index (χ4n) is 14.8. The Balaban J connectivity index is 1.01. The number of para-hydroxylation sites is 2. The second-order valence-corrected chi connectivity index (χ2v) is 23.1. The van der Waals surface area contributed by atoms with Gasteiger partial charge in [0, 0.05) is 67.0 Å². The lowest BCUT2D eigenvalue weighted by atomic mass is 9.70. The highest BCUT2D eigenvalue weighted by molar-refractivity contribution is 6.09. The van der Waals surface area contributed by atoms with Crippen molar-refractivity contribution in [1.82, 2.24) is 0 Å². The standard InChI is InChI=1S/C77H56N2O/c1-75(2)60-36-20-17-33-55(60)57-45-43-53(47-65(57)75)78(51-29-13-7-14-30-51)67-41-23-39-63-69(67)59-35-19-22-38-62(59)77(63)64-40-24-42-68(70(64)71-72(77)74(50-27-11-6-12-28-50)80-73(71)49-25-9-5-10-26-49)79(52-31-15-8-16-32-52)54-44-46-58-56-34-18-21-37-61(56)76(3,4)66(58)48-54/h5-48H,1-4H3. The molecular formula is C77H56N2O. The van der Waals surface area contributed by atoms with Crippen LogP contribution >= 0.6 is 0 Å². The van der Waals surface area contributed by atoms with Crippen molar-refractivity contribution in [3.63, 3.8) is 0 Å². The Morgan fingerprint density at radius 1 is 0.275 bits per heavy atom. The molecule has 12 aromatic rings. The van der Waals surface area contributed by atoms with E-state index in [-0.39, 0.29) is 10.8 Å². The van der Waals surface area contributed by atoms with Crippen LogP contribution in [-0.2, 0) is 16.2 Å². The van der Waals surface area contributed by atoms with Gasteiger partial charge in [-0.1, -0.05) is 234 Å². The van der Waals surface area contributed by atoms with E-state index in [1.54, 1.807) is 0 Å². The minimum Gasteiger partial charge on any atom is -0.455 e. The molecule has 1 aromatic heterocycles. The van der Waals surface area contributed by atoms with Crippen molar-refractivity contribution in [2.45, 2.75) is 43.9 Å². The fraction of sp³-hybridized carbons (Fsp3) is 0.0909. The van der Waals surface area contributed by atoms with Crippen molar-refractivity contribution < 1.29 is 4.42 Å². The summed E-state index contributed by atoms with van der Waals surface area (Å²) in [6, 6.07) is 99.0. The van der Waals surface area contributed by atoms with E-state index in [0.717, 1.165) is 73.5 Å². The molecule has 0 bridgehead atoms. The highest BCUT2D eigenvalue weighted by atomic mass is 16.3. The molecule has 11 aromatic carbocycles. The van der Waals surface area contributed by atoms with Gasteiger partial charge in [-0.15, -0.1) is 0 Å². The molecule has 380 valence electrons. The number of hydrogen-bond acceptors (Lipinski definition) is 3. The van der Waals surface area contributed by atoms with E-state index in [2.05, 4.69) is 304 Å². The van der Waals surface area contributed by atoms with Crippen molar-refractivity contribution in [2.24, 2.45) is 0 Å². The Labute approximate surface area is 468 Å². The molecule has 0 fully saturated rings. The first kappa shape index (κ1) is 46.4. The Kier molecular flexibility index (Phi) is 9.95. The van der Waals surface area contributed by atoms with E-state index >= 15 is 0 Å². The zero-order valence-electron chi connectivity index (χ0n) is 45.2. The van der Waals surface area contributed by atoms with E-state index in [9.17, 15) is 0 Å². The van der Waals surface area contributed by atoms with Crippen LogP contribution in [0.25, 0.3) is 67.2 Å². The molecule has 4 aliphatic carbocycles. The molecule has 16 rings (SSSR count). The van der Waals surface area contributed by atoms with Crippen molar-refractivity contribution >= 4 is 34.1 Å². The smallest absolute Gasteiger partial charge is 0.143 e. The quantitative estimate of drug-likeness (QED) is 0.151. The third-order valence-electron chi connectivity index (χ3n) is 18.3. The number of rotatable bonds is 8. The van der Waals surface area contributed by atoms with Gasteiger partial charge in [0.1, 0.15) is 11.5 Å². The zero-order chi connectivity index (χ0) is 53.5. The number of nitrogens with zero attached hydrogens (tertiary/aromatic N) is 2. The number of hydrogen-bond donors (Lipinski definition) is 0. The first-order chi connectivity index (χ1) is 39.2. The van der Waals surface area contributed by atoms with Crippen molar-refractivity contribution in [3.8, 4) is 67.2 Å². The molecule has 4 aliphatic rings. The Hall–Kier alpha value is -9.70. The molecule has 0 aliphatic heterocycles. The molecule has 3 nitrogen and oxygen atoms in total. The molecule has 80 heavy (non-hydrogen) atoms. The summed E-state index contributed by atoms with van der Waals surface area (Å²) in [5.74, 6) is 1.73. The van der Waals surface area contributed by atoms with E-state index in [0.29, 0.717) is 0 Å². The summed E-state index contributed by atoms with van der Waals surface area (Å²) in [6.07, 6.45) is 0. The maximum absolute atomic E-state index is 7.68. The molecule has 1 spiro atoms. The first-order valence-electron chi connectivity index (χ1n) is 28.1. The summed E-state index contributed by atoms with van der Waals surface area (Å²) in [6.45, 7) is 9.50. The average Bonchev–Trinajstić information content (AvgIpc) is 3.05. The van der Waals surface area contributed by atoms with Crippen LogP contribution in [0.15, 0.2) is 271 Å². The van der Waals surface area contributed by atoms with Crippen LogP contribution in [0.2, 0.25) is 0 Å². The molecule has 1 heterocycles. The maximum atomic E-state index is 7.68. The molecule has 0 N–H and O–H groups in total. The van der Waals surface area contributed by atoms with Crippen LogP contribution in [0.4, 0.5) is 34.1 Å². The highest BCUT2D eigenvalue weighted by Gasteiger charge is 2.57. The topological polar surface area (TPSA) is 19.6 Å². The SMILES string of the molecule is CC1(C)c2ccccc2-c2ccc(N(c3ccccc3)c3cccc4c3-c3ccccc3C43c4cccc(N(c5ccccc5)c5ccc6c(c5)C(C)(C)c5ccccc5-6)c4-c4c(-c5ccccc5)oc(-c5ccccc5)c43)cc21. The van der Waals surface area contributed by atoms with Gasteiger partial charge in [-0.3, -0.25) is 0 Å². The van der Waals surface area contributed by atoms with Gasteiger partial charge in [-0.25, -0.2) is 0 Å². The molecule has 1 unspecified atom stereocenters. The largest absolute Gasteiger partial charge is 0.455 e. The maximum Gasteiger partial charge on any atom is 0.143 e. The molecule has 0 radical (unpaired) electrons. The van der Waals surface area contributed by atoms with Crippen LogP contribution in [0.3, 0.4) is 0 Å². The van der Waals surface area contributed by atoms with Gasteiger partial charge >= 0.3 is 0 Å². The van der Waals surface area contributed by atoms with Gasteiger partial charge in [0.05, 0.1) is 16.8 Å². The second kappa shape index (κ2) is 17.1. The summed E-state index contributed by atoms with van der Waals surface area (Å²) in [7, 11) is 0. The molecule has 0 saturated heterocycles. The predicted octanol–water partition coefficient (Wildman–Crippen LogP) is 20.5. The molecule has 3 heteroatoms. The van der Waals surface area contributed by atoms with Crippen molar-refractivity contribution in [3.05, 3.63) is 311 Å². The molecule has 0 saturated carbocycles. The normalized spacial score (nSPS) is 15.8. The lowest BCUT2D eigenvalue weighted by Crippen LogP contribution is -2.26. The summed E-state index contributed by atoms with van der Waals surface area (Å²) >= 11 is 0. The van der Waals surface area contributed by atoms with Gasteiger partial charge in [-0.2, -0.15) is 0 Å². The third kappa shape index (κ3) is 6.32. The van der Waals surface area contributed by atoms with Gasteiger partial charge in [0.25, 0.3) is 0 Å². The van der Waals surface area contributed by atoms with Gasteiger partial charge < -0.3 is 14.2 Å². The number of fused-ring (bicyclic) bond motifs is 16. The minimum absolute atomic E-state index is 0.179. The lowest BCUT2D eigenvalue weighted by Gasteiger charge is -2.33. The van der Waals surface area contributed by atoms with Crippen LogP contribution in [0, 0.1) is 0 Å². The van der Waals surface area contributed by atoms with E-state index in [4.69, 9.17) is 4.42 Å². The summed E-state index contributed by atoms with van der Waals surface area (Å²) < 4.78 is 7.68. The van der Waals surface area contributed by atoms with Crippen molar-refractivity contribution in [2.75, 3.05) is 9.80 Å². The van der Waals surface area contributed by atoms with Gasteiger partial charge in [0.2, 0.25) is 0 Å². The molecular weight excluding hydrogens is 969 g/mol. The second-order valence-electron chi connectivity index (χ2n) is 23.1. The Morgan fingerprint density at radius 2 is 0.662 bits per heavy atom. The number of benzene rings is 11. The van der Waals surface area contributed by atoms with E-state index in [1.165, 1.54) is 72.3 Å². The van der Waals surface area contributed by atoms with E-state index in [1.807, 2.05) is 0 Å². The summed E-state index contributed by atoms with van der Waals surface area (Å²) in [4.78, 5) is 5.02. The third-order valence-corrected chi connectivity index (χ3v) is 18.3. The van der Waals surface area contributed by atoms with Crippen LogP contribution < -0.4 is 9.80 Å². The Bertz CT molecular complexity index is 4470. The summed E-state index contributed by atoms with van der Waals surface area (Å²) in [5, 5.41) is 0. The minimum atomic E-state index is -0.821. The zero-order valence-corrected chi connectivity index (χ0v) is 45.2. The number of anilines is 6. The van der Waals surface area contributed by atoms with E-state index < -0.39 is 5.41 Å². The lowest BCUT2D eigenvalue weighted by molar-refractivity contribution is 0.588. The molecule has 0 amide bonds. The summed E-state index contributed by atoms with van der Waals surface area (Å²) in [5.41, 5.74) is 27.7. The fourth-order valence-corrected chi connectivity index (χ4v) is 14.8. The van der Waals surface area contributed by atoms with Crippen molar-refractivity contribution in [1.29, 1.82) is 0 Å². The molecule has 1 atom stereocenters.